The summed E-state index contributed by atoms with van der Waals surface area (Å²) in [6.45, 7) is 1.69. The van der Waals surface area contributed by atoms with Gasteiger partial charge >= 0.3 is 10.3 Å². The van der Waals surface area contributed by atoms with Crippen LogP contribution in [-0.2, 0) is 50.9 Å². The molecule has 14 nitrogen and oxygen atoms in total. The molecule has 28 heavy (non-hydrogen) atoms. The molecule has 0 bridgehead atoms. The van der Waals surface area contributed by atoms with Gasteiger partial charge in [0.2, 0.25) is 16.2 Å². The number of aliphatic hydroxyl groups excluding tert-OH is 1. The van der Waals surface area contributed by atoms with Crippen LogP contribution in [0.25, 0.3) is 0 Å². The molecule has 2 saturated heterocycles. The van der Waals surface area contributed by atoms with E-state index >= 15 is 0 Å². The van der Waals surface area contributed by atoms with Gasteiger partial charge in [-0.05, 0) is 12.8 Å². The van der Waals surface area contributed by atoms with E-state index in [9.17, 15) is 41.3 Å². The minimum atomic E-state index is -4.83. The minimum Gasteiger partial charge on any atom is -0.370 e. The van der Waals surface area contributed by atoms with Gasteiger partial charge in [-0.2, -0.15) is 8.42 Å². The third-order valence-corrected chi connectivity index (χ3v) is 7.32. The lowest BCUT2D eigenvalue weighted by Crippen LogP contribution is -2.78. The Morgan fingerprint density at radius 2 is 1.75 bits per heavy atom. The van der Waals surface area contributed by atoms with Crippen LogP contribution in [0.3, 0.4) is 0 Å². The van der Waals surface area contributed by atoms with Gasteiger partial charge in [0, 0.05) is 0 Å². The van der Waals surface area contributed by atoms with E-state index in [1.807, 2.05) is 0 Å². The average Bonchev–Trinajstić information content (AvgIpc) is 2.94. The Balaban J connectivity index is 2.72. The summed E-state index contributed by atoms with van der Waals surface area (Å²) in [5, 5.41) is 36.3. The van der Waals surface area contributed by atoms with Crippen LogP contribution in [0.1, 0.15) is 26.7 Å². The molecule has 2 aliphatic rings. The Labute approximate surface area is 164 Å². The second-order valence-electron chi connectivity index (χ2n) is 6.15. The summed E-state index contributed by atoms with van der Waals surface area (Å²) in [6.07, 6.45) is -5.04. The first-order chi connectivity index (χ1) is 12.6. The smallest absolute Gasteiger partial charge is 0.335 e. The van der Waals surface area contributed by atoms with Crippen LogP contribution < -0.4 is 5.14 Å². The number of rotatable bonds is 7. The van der Waals surface area contributed by atoms with Gasteiger partial charge in [-0.25, -0.2) is 17.7 Å². The molecule has 2 heterocycles. The molecule has 0 aromatic carbocycles. The molecule has 17 heteroatoms. The predicted molar refractivity (Wildman–Crippen MR) is 89.6 cm³/mol. The van der Waals surface area contributed by atoms with E-state index in [1.54, 1.807) is 0 Å². The molecule has 0 spiro atoms. The Morgan fingerprint density at radius 1 is 1.21 bits per heavy atom. The Morgan fingerprint density at radius 3 is 2.14 bits per heavy atom. The lowest BCUT2D eigenvalue weighted by atomic mass is 9.95. The van der Waals surface area contributed by atoms with Crippen molar-refractivity contribution in [2.75, 3.05) is 6.61 Å². The number of aliphatic hydroxyl groups is 3. The maximum atomic E-state index is 12.0. The van der Waals surface area contributed by atoms with Crippen LogP contribution in [0.4, 0.5) is 0 Å². The molecule has 7 N–H and O–H groups in total. The highest BCUT2D eigenvalue weighted by atomic mass is 32.2. The van der Waals surface area contributed by atoms with Gasteiger partial charge in [0.25, 0.3) is 5.79 Å². The van der Waals surface area contributed by atoms with E-state index in [1.165, 1.54) is 13.8 Å². The van der Waals surface area contributed by atoms with Gasteiger partial charge in [0.15, 0.2) is 34.1 Å². The minimum absolute atomic E-state index is 0.0119. The number of fused-ring (bicyclic) bond motifs is 1. The quantitative estimate of drug-likeness (QED) is 0.161. The Bertz CT molecular complexity index is 772. The topological polar surface area (TPSA) is 232 Å². The molecular formula is C11H21NO13S3. The first kappa shape index (κ1) is 24.1. The van der Waals surface area contributed by atoms with E-state index in [0.717, 1.165) is 0 Å². The van der Waals surface area contributed by atoms with Crippen LogP contribution in [0, 0.1) is 0 Å². The zero-order chi connectivity index (χ0) is 21.8. The fourth-order valence-corrected chi connectivity index (χ4v) is 5.11. The normalized spacial score (nSPS) is 41.2. The third-order valence-electron chi connectivity index (χ3n) is 4.65. The summed E-state index contributed by atoms with van der Waals surface area (Å²) < 4.78 is 85.6. The largest absolute Gasteiger partial charge is 0.370 e. The Kier molecular flexibility index (Phi) is 6.48. The van der Waals surface area contributed by atoms with Crippen LogP contribution in [-0.4, -0.2) is 81.7 Å². The van der Waals surface area contributed by atoms with Crippen molar-refractivity contribution >= 4 is 32.5 Å². The molecule has 0 aromatic rings. The molecule has 2 fully saturated rings. The van der Waals surface area contributed by atoms with Crippen molar-refractivity contribution in [1.29, 1.82) is 0 Å². The van der Waals surface area contributed by atoms with Gasteiger partial charge < -0.3 is 38.6 Å². The predicted octanol–water partition coefficient (Wildman–Crippen LogP) is -3.00. The SMILES string of the molecule is CCC1(CC)O[C@@H]2[C@@](C(O)OS(N)(=O)=O)(OC[C@](O)(S(=O)O)[C@]2(O)S(=O)O)O1. The third kappa shape index (κ3) is 3.47. The van der Waals surface area contributed by atoms with Crippen LogP contribution in [0.5, 0.6) is 0 Å². The summed E-state index contributed by atoms with van der Waals surface area (Å²) in [7, 11) is -4.83. The summed E-state index contributed by atoms with van der Waals surface area (Å²) in [6, 6.07) is 0. The van der Waals surface area contributed by atoms with E-state index < -0.39 is 72.9 Å². The van der Waals surface area contributed by atoms with Gasteiger partial charge in [-0.15, -0.1) is 0 Å². The standard InChI is InChI=1S/C11H21NO13S3/c1-3-8(4-2)23-6-10(25-8,7(13)24-28(12,20)21)22-5-9(14,26(16)17)11(6,15)27(18)19/h6-7,13-15H,3-5H2,1-2H3,(H,16,17)(H,18,19)(H2,12,20,21)/t6-,7?,9+,10-,11-/m1/s1. The lowest BCUT2D eigenvalue weighted by Gasteiger charge is -2.50. The highest BCUT2D eigenvalue weighted by molar-refractivity contribution is 7.85. The lowest BCUT2D eigenvalue weighted by molar-refractivity contribution is -0.369. The molecule has 3 unspecified atom stereocenters. The molecule has 0 radical (unpaired) electrons. The second kappa shape index (κ2) is 7.52. The fourth-order valence-electron chi connectivity index (χ4n) is 3.05. The van der Waals surface area contributed by atoms with Gasteiger partial charge in [0.1, 0.15) is 0 Å². The van der Waals surface area contributed by atoms with E-state index in [0.29, 0.717) is 0 Å². The van der Waals surface area contributed by atoms with Crippen molar-refractivity contribution in [3.05, 3.63) is 0 Å². The molecule has 166 valence electrons. The first-order valence-corrected chi connectivity index (χ1v) is 11.4. The molecule has 7 atom stereocenters. The Hall–Kier alpha value is -0.150. The van der Waals surface area contributed by atoms with Crippen LogP contribution in [0.2, 0.25) is 0 Å². The van der Waals surface area contributed by atoms with E-state index in [2.05, 4.69) is 4.18 Å². The maximum Gasteiger partial charge on any atom is 0.335 e. The number of ether oxygens (including phenoxy) is 3. The number of nitrogens with two attached hydrogens (primary N) is 1. The number of hydrogen-bond donors (Lipinski definition) is 6. The molecule has 0 aromatic heterocycles. The maximum absolute atomic E-state index is 12.0. The van der Waals surface area contributed by atoms with Gasteiger partial charge in [-0.3, -0.25) is 0 Å². The average molecular weight is 471 g/mol. The zero-order valence-electron chi connectivity index (χ0n) is 14.6. The zero-order valence-corrected chi connectivity index (χ0v) is 17.0. The molecule has 2 aliphatic heterocycles. The molecule has 0 saturated carbocycles. The van der Waals surface area contributed by atoms with Gasteiger partial charge in [0.05, 0.1) is 6.61 Å². The van der Waals surface area contributed by atoms with E-state index in [-0.39, 0.29) is 12.8 Å². The highest BCUT2D eigenvalue weighted by Crippen LogP contribution is 2.54. The highest BCUT2D eigenvalue weighted by Gasteiger charge is 2.80. The molecule has 2 rings (SSSR count). The van der Waals surface area contributed by atoms with Crippen molar-refractivity contribution in [3.8, 4) is 0 Å². The number of hydrogen-bond acceptors (Lipinski definition) is 11. The van der Waals surface area contributed by atoms with Crippen molar-refractivity contribution in [2.24, 2.45) is 5.14 Å². The van der Waals surface area contributed by atoms with Crippen LogP contribution >= 0.6 is 0 Å². The van der Waals surface area contributed by atoms with Crippen molar-refractivity contribution in [1.82, 2.24) is 0 Å². The first-order valence-electron chi connectivity index (χ1n) is 7.72. The summed E-state index contributed by atoms with van der Waals surface area (Å²) in [4.78, 5) is -6.78. The van der Waals surface area contributed by atoms with Gasteiger partial charge in [-0.1, -0.05) is 13.8 Å². The van der Waals surface area contributed by atoms with Crippen molar-refractivity contribution < 1.29 is 59.7 Å². The van der Waals surface area contributed by atoms with E-state index in [4.69, 9.17) is 19.3 Å². The summed E-state index contributed by atoms with van der Waals surface area (Å²) in [5.74, 6) is -4.53. The fraction of sp³-hybridized carbons (Fsp3) is 1.00. The van der Waals surface area contributed by atoms with Crippen molar-refractivity contribution in [2.45, 2.75) is 60.5 Å². The second-order valence-corrected chi connectivity index (χ2v) is 9.62. The van der Waals surface area contributed by atoms with Crippen molar-refractivity contribution in [3.63, 3.8) is 0 Å². The summed E-state index contributed by atoms with van der Waals surface area (Å²) in [5.41, 5.74) is 0. The molecule has 0 amide bonds. The van der Waals surface area contributed by atoms with Crippen LogP contribution in [0.15, 0.2) is 0 Å². The monoisotopic (exact) mass is 471 g/mol. The summed E-state index contributed by atoms with van der Waals surface area (Å²) >= 11 is -6.87. The molecular weight excluding hydrogens is 450 g/mol. The molecule has 0 aliphatic carbocycles.